The zero-order valence-electron chi connectivity index (χ0n) is 9.16. The molecule has 3 rings (SSSR count). The molecule has 1 unspecified atom stereocenters. The van der Waals surface area contributed by atoms with Gasteiger partial charge in [0.05, 0.1) is 11.1 Å². The lowest BCUT2D eigenvalue weighted by molar-refractivity contribution is 0.467. The molecule has 0 aliphatic heterocycles. The molecule has 0 radical (unpaired) electrons. The molecular weight excluding hydrogens is 222 g/mol. The third-order valence-electron chi connectivity index (χ3n) is 3.33. The largest absolute Gasteiger partial charge is 0.458 e. The van der Waals surface area contributed by atoms with Crippen molar-refractivity contribution in [3.63, 3.8) is 0 Å². The number of fused-ring (bicyclic) bond motifs is 1. The number of hydrogen-bond acceptors (Lipinski definition) is 2. The Morgan fingerprint density at radius 3 is 2.81 bits per heavy atom. The first-order valence-electron chi connectivity index (χ1n) is 5.61. The van der Waals surface area contributed by atoms with Crippen LogP contribution < -0.4 is 5.73 Å². The summed E-state index contributed by atoms with van der Waals surface area (Å²) in [6, 6.07) is 5.95. The Balaban J connectivity index is 2.14. The van der Waals surface area contributed by atoms with Crippen molar-refractivity contribution in [2.75, 3.05) is 0 Å². The van der Waals surface area contributed by atoms with Gasteiger partial charge in [0.15, 0.2) is 5.58 Å². The van der Waals surface area contributed by atoms with E-state index < -0.39 is 0 Å². The molecule has 0 amide bonds. The Hall–Kier alpha value is -0.990. The molecule has 1 aliphatic rings. The molecule has 0 spiro atoms. The number of aryl methyl sites for hydroxylation is 1. The van der Waals surface area contributed by atoms with E-state index in [0.29, 0.717) is 10.9 Å². The molecule has 2 aromatic rings. The number of benzene rings is 1. The molecule has 1 fully saturated rings. The number of hydrogen-bond donors (Lipinski definition) is 1. The van der Waals surface area contributed by atoms with Crippen molar-refractivity contribution in [2.24, 2.45) is 11.7 Å². The average molecular weight is 236 g/mol. The number of halogens is 1. The Bertz CT molecular complexity index is 503. The van der Waals surface area contributed by atoms with Crippen LogP contribution in [0.3, 0.4) is 0 Å². The van der Waals surface area contributed by atoms with Crippen LogP contribution >= 0.6 is 11.6 Å². The summed E-state index contributed by atoms with van der Waals surface area (Å²) in [4.78, 5) is 0. The topological polar surface area (TPSA) is 39.2 Å². The molecule has 1 saturated carbocycles. The average Bonchev–Trinajstić information content (AvgIpc) is 3.01. The number of furan rings is 1. The summed E-state index contributed by atoms with van der Waals surface area (Å²) < 4.78 is 5.79. The van der Waals surface area contributed by atoms with Crippen molar-refractivity contribution < 1.29 is 4.42 Å². The van der Waals surface area contributed by atoms with Gasteiger partial charge < -0.3 is 10.2 Å². The summed E-state index contributed by atoms with van der Waals surface area (Å²) in [7, 11) is 0. The molecule has 1 aromatic heterocycles. The number of rotatable bonds is 2. The van der Waals surface area contributed by atoms with E-state index in [1.54, 1.807) is 0 Å². The highest BCUT2D eigenvalue weighted by atomic mass is 35.5. The summed E-state index contributed by atoms with van der Waals surface area (Å²) in [6.07, 6.45) is 2.43. The first kappa shape index (κ1) is 10.2. The van der Waals surface area contributed by atoms with Crippen LogP contribution in [-0.2, 0) is 0 Å². The first-order valence-corrected chi connectivity index (χ1v) is 5.99. The molecule has 1 heterocycles. The molecule has 84 valence electrons. The lowest BCUT2D eigenvalue weighted by Gasteiger charge is -2.04. The van der Waals surface area contributed by atoms with Crippen molar-refractivity contribution in [2.45, 2.75) is 25.8 Å². The van der Waals surface area contributed by atoms with Gasteiger partial charge in [0, 0.05) is 5.39 Å². The maximum atomic E-state index is 6.13. The van der Waals surface area contributed by atoms with Crippen molar-refractivity contribution in [3.8, 4) is 0 Å². The molecule has 0 bridgehead atoms. The van der Waals surface area contributed by atoms with Crippen LogP contribution in [0, 0.1) is 12.8 Å². The Morgan fingerprint density at radius 2 is 2.19 bits per heavy atom. The molecule has 1 atom stereocenters. The predicted molar refractivity (Wildman–Crippen MR) is 65.6 cm³/mol. The fourth-order valence-corrected chi connectivity index (χ4v) is 2.30. The molecule has 1 aromatic carbocycles. The van der Waals surface area contributed by atoms with E-state index in [0.717, 1.165) is 16.7 Å². The highest BCUT2D eigenvalue weighted by Crippen LogP contribution is 2.41. The zero-order valence-corrected chi connectivity index (χ0v) is 9.92. The minimum Gasteiger partial charge on any atom is -0.458 e. The van der Waals surface area contributed by atoms with Gasteiger partial charge in [-0.15, -0.1) is 0 Å². The first-order chi connectivity index (χ1) is 7.66. The molecule has 2 N–H and O–H groups in total. The van der Waals surface area contributed by atoms with E-state index in [-0.39, 0.29) is 6.04 Å². The lowest BCUT2D eigenvalue weighted by atomic mass is 10.1. The number of nitrogens with two attached hydrogens (primary N) is 1. The van der Waals surface area contributed by atoms with Crippen molar-refractivity contribution in [1.82, 2.24) is 0 Å². The van der Waals surface area contributed by atoms with E-state index in [1.807, 2.05) is 18.2 Å². The monoisotopic (exact) mass is 235 g/mol. The van der Waals surface area contributed by atoms with Crippen molar-refractivity contribution >= 4 is 22.6 Å². The summed E-state index contributed by atoms with van der Waals surface area (Å²) >= 11 is 6.11. The van der Waals surface area contributed by atoms with Crippen molar-refractivity contribution in [1.29, 1.82) is 0 Å². The van der Waals surface area contributed by atoms with Crippen LogP contribution in [-0.4, -0.2) is 0 Å². The summed E-state index contributed by atoms with van der Waals surface area (Å²) in [5, 5.41) is 1.74. The molecule has 2 nitrogen and oxygen atoms in total. The van der Waals surface area contributed by atoms with Crippen LogP contribution in [0.2, 0.25) is 5.02 Å². The highest BCUT2D eigenvalue weighted by Gasteiger charge is 2.31. The van der Waals surface area contributed by atoms with Gasteiger partial charge >= 0.3 is 0 Å². The second-order valence-corrected chi connectivity index (χ2v) is 5.03. The third-order valence-corrected chi connectivity index (χ3v) is 3.63. The fraction of sp³-hybridized carbons (Fsp3) is 0.385. The third kappa shape index (κ3) is 1.53. The van der Waals surface area contributed by atoms with E-state index in [2.05, 4.69) is 6.92 Å². The van der Waals surface area contributed by atoms with Crippen LogP contribution in [0.25, 0.3) is 11.0 Å². The van der Waals surface area contributed by atoms with Crippen LogP contribution in [0.15, 0.2) is 22.6 Å². The Kier molecular flexibility index (Phi) is 2.23. The van der Waals surface area contributed by atoms with Gasteiger partial charge in [-0.05, 0) is 43.4 Å². The SMILES string of the molecule is Cc1ccc(Cl)c2oc(C(N)C3CC3)cc12. The van der Waals surface area contributed by atoms with Gasteiger partial charge in [-0.2, -0.15) is 0 Å². The van der Waals surface area contributed by atoms with Gasteiger partial charge in [-0.25, -0.2) is 0 Å². The normalized spacial score (nSPS) is 17.9. The highest BCUT2D eigenvalue weighted by molar-refractivity contribution is 6.34. The second kappa shape index (κ2) is 3.51. The van der Waals surface area contributed by atoms with E-state index in [4.69, 9.17) is 21.8 Å². The Labute approximate surface area is 99.4 Å². The van der Waals surface area contributed by atoms with Gasteiger partial charge in [0.1, 0.15) is 5.76 Å². The predicted octanol–water partition coefficient (Wildman–Crippen LogP) is 3.80. The van der Waals surface area contributed by atoms with E-state index >= 15 is 0 Å². The maximum Gasteiger partial charge on any atom is 0.153 e. The zero-order chi connectivity index (χ0) is 11.3. The minimum absolute atomic E-state index is 0.0304. The van der Waals surface area contributed by atoms with Gasteiger partial charge in [0.25, 0.3) is 0 Å². The van der Waals surface area contributed by atoms with E-state index in [9.17, 15) is 0 Å². The van der Waals surface area contributed by atoms with Crippen LogP contribution in [0.5, 0.6) is 0 Å². The molecule has 1 aliphatic carbocycles. The fourth-order valence-electron chi connectivity index (χ4n) is 2.10. The van der Waals surface area contributed by atoms with Crippen LogP contribution in [0.4, 0.5) is 0 Å². The molecule has 16 heavy (non-hydrogen) atoms. The molecule has 3 heteroatoms. The maximum absolute atomic E-state index is 6.13. The summed E-state index contributed by atoms with van der Waals surface area (Å²) in [5.41, 5.74) is 8.08. The quantitative estimate of drug-likeness (QED) is 0.860. The Morgan fingerprint density at radius 1 is 1.44 bits per heavy atom. The minimum atomic E-state index is 0.0304. The van der Waals surface area contributed by atoms with Gasteiger partial charge in [0.2, 0.25) is 0 Å². The van der Waals surface area contributed by atoms with Crippen molar-refractivity contribution in [3.05, 3.63) is 34.5 Å². The summed E-state index contributed by atoms with van der Waals surface area (Å²) in [5.74, 6) is 1.47. The summed E-state index contributed by atoms with van der Waals surface area (Å²) in [6.45, 7) is 2.06. The van der Waals surface area contributed by atoms with Gasteiger partial charge in [-0.1, -0.05) is 17.7 Å². The van der Waals surface area contributed by atoms with E-state index in [1.165, 1.54) is 18.4 Å². The standard InChI is InChI=1S/C13H14ClNO/c1-7-2-5-10(14)13-9(7)6-11(16-13)12(15)8-3-4-8/h2,5-6,8,12H,3-4,15H2,1H3. The molecule has 0 saturated heterocycles. The van der Waals surface area contributed by atoms with Crippen LogP contribution in [0.1, 0.15) is 30.2 Å². The molecular formula is C13H14ClNO. The van der Waals surface area contributed by atoms with Gasteiger partial charge in [-0.3, -0.25) is 0 Å². The second-order valence-electron chi connectivity index (χ2n) is 4.62. The lowest BCUT2D eigenvalue weighted by Crippen LogP contribution is -2.10. The smallest absolute Gasteiger partial charge is 0.153 e.